The van der Waals surface area contributed by atoms with Crippen LogP contribution < -0.4 is 20.1 Å². The Kier molecular flexibility index (Phi) is 7.78. The number of halogens is 2. The highest BCUT2D eigenvalue weighted by molar-refractivity contribution is 6.31. The molecule has 0 aliphatic carbocycles. The number of rotatable bonds is 8. The van der Waals surface area contributed by atoms with Crippen LogP contribution in [0.2, 0.25) is 10.0 Å². The summed E-state index contributed by atoms with van der Waals surface area (Å²) in [5, 5.41) is 0.552. The number of anilines is 2. The summed E-state index contributed by atoms with van der Waals surface area (Å²) in [6.07, 6.45) is 3.22. The second-order valence-electron chi connectivity index (χ2n) is 9.92. The molecule has 41 heavy (non-hydrogen) atoms. The van der Waals surface area contributed by atoms with E-state index in [-0.39, 0.29) is 28.2 Å². The monoisotopic (exact) mass is 597 g/mol. The van der Waals surface area contributed by atoms with E-state index < -0.39 is 6.04 Å². The Morgan fingerprint density at radius 3 is 2.41 bits per heavy atom. The normalized spacial score (nSPS) is 15.3. The lowest BCUT2D eigenvalue weighted by Crippen LogP contribution is -2.32. The minimum Gasteiger partial charge on any atom is -0.480 e. The van der Waals surface area contributed by atoms with E-state index in [2.05, 4.69) is 9.97 Å². The van der Waals surface area contributed by atoms with Gasteiger partial charge in [-0.3, -0.25) is 14.5 Å². The maximum atomic E-state index is 14.2. The number of hydrogen-bond donors (Lipinski definition) is 0. The van der Waals surface area contributed by atoms with E-state index in [0.717, 1.165) is 5.56 Å². The van der Waals surface area contributed by atoms with Crippen molar-refractivity contribution in [3.63, 3.8) is 0 Å². The third-order valence-electron chi connectivity index (χ3n) is 6.90. The first-order chi connectivity index (χ1) is 19.6. The minimum atomic E-state index is -0.628. The van der Waals surface area contributed by atoms with Crippen molar-refractivity contribution < 1.29 is 14.3 Å². The van der Waals surface area contributed by atoms with Gasteiger partial charge in [-0.05, 0) is 30.7 Å². The molecule has 4 aromatic rings. The number of carbonyl (C=O) groups excluding carboxylic acids is 1. The molecule has 5 rings (SSSR count). The van der Waals surface area contributed by atoms with Crippen molar-refractivity contribution in [2.45, 2.75) is 19.0 Å². The number of hydrogen-bond acceptors (Lipinski definition) is 8. The predicted octanol–water partition coefficient (Wildman–Crippen LogP) is 4.38. The number of pyridine rings is 1. The highest BCUT2D eigenvalue weighted by Gasteiger charge is 2.45. The Morgan fingerprint density at radius 1 is 1.10 bits per heavy atom. The Hall–Kier alpha value is -3.93. The van der Waals surface area contributed by atoms with Gasteiger partial charge in [0.15, 0.2) is 5.69 Å². The van der Waals surface area contributed by atoms with Gasteiger partial charge >= 0.3 is 0 Å². The van der Waals surface area contributed by atoms with E-state index in [0.29, 0.717) is 46.2 Å². The summed E-state index contributed by atoms with van der Waals surface area (Å²) in [5.74, 6) is 0.890. The van der Waals surface area contributed by atoms with Crippen LogP contribution >= 0.6 is 23.2 Å². The summed E-state index contributed by atoms with van der Waals surface area (Å²) in [7, 11) is 8.39. The second-order valence-corrected chi connectivity index (χ2v) is 10.8. The average molecular weight is 598 g/mol. The number of methoxy groups -OCH3 is 2. The van der Waals surface area contributed by atoms with E-state index in [1.54, 1.807) is 48.5 Å². The van der Waals surface area contributed by atoms with Gasteiger partial charge in [-0.1, -0.05) is 35.3 Å². The Labute approximate surface area is 246 Å². The van der Waals surface area contributed by atoms with Gasteiger partial charge < -0.3 is 23.5 Å². The van der Waals surface area contributed by atoms with Crippen LogP contribution in [0.5, 0.6) is 5.88 Å². The zero-order valence-corrected chi connectivity index (χ0v) is 24.9. The van der Waals surface area contributed by atoms with Crippen molar-refractivity contribution in [2.24, 2.45) is 7.05 Å². The molecule has 0 saturated carbocycles. The van der Waals surface area contributed by atoms with Crippen LogP contribution in [0.4, 0.5) is 11.6 Å². The first-order valence-electron chi connectivity index (χ1n) is 12.7. The first kappa shape index (κ1) is 28.6. The van der Waals surface area contributed by atoms with E-state index in [1.807, 2.05) is 37.7 Å². The van der Waals surface area contributed by atoms with E-state index >= 15 is 0 Å². The largest absolute Gasteiger partial charge is 0.480 e. The molecule has 0 unspecified atom stereocenters. The standard InChI is InChI=1S/C28H29Cl2N7O4/c1-15(14-40-5)36-23-21(32-24(36)19-12-31-28(34(2)3)33-25(19)41-6)27(39)37(18-11-20(30)26(38)35(4)13-18)22(23)16-7-9-17(29)10-8-16/h7-13,15,22H,14H2,1-6H3/t15-,22-/m1/s1. The number of carbonyl (C=O) groups is 1. The lowest BCUT2D eigenvalue weighted by Gasteiger charge is -2.29. The molecule has 1 aliphatic heterocycles. The van der Waals surface area contributed by atoms with Crippen LogP contribution in [-0.2, 0) is 11.8 Å². The first-order valence-corrected chi connectivity index (χ1v) is 13.5. The van der Waals surface area contributed by atoms with E-state index in [1.165, 1.54) is 17.7 Å². The summed E-state index contributed by atoms with van der Waals surface area (Å²) in [6.45, 7) is 2.31. The maximum absolute atomic E-state index is 14.2. The number of nitrogens with zero attached hydrogens (tertiary/aromatic N) is 7. The molecule has 4 heterocycles. The number of fused-ring (bicyclic) bond motifs is 1. The second kappa shape index (κ2) is 11.2. The molecular formula is C28H29Cl2N7O4. The van der Waals surface area contributed by atoms with Crippen molar-refractivity contribution in [2.75, 3.05) is 44.7 Å². The van der Waals surface area contributed by atoms with Crippen molar-refractivity contribution in [3.05, 3.63) is 80.1 Å². The lowest BCUT2D eigenvalue weighted by molar-refractivity contribution is 0.0989. The fourth-order valence-electron chi connectivity index (χ4n) is 5.06. The van der Waals surface area contributed by atoms with Gasteiger partial charge in [0.2, 0.25) is 11.8 Å². The van der Waals surface area contributed by atoms with Crippen LogP contribution in [0, 0.1) is 0 Å². The summed E-state index contributed by atoms with van der Waals surface area (Å²) in [5.41, 5.74) is 2.27. The van der Waals surface area contributed by atoms with Crippen LogP contribution in [0.15, 0.2) is 47.5 Å². The predicted molar refractivity (Wildman–Crippen MR) is 158 cm³/mol. The SMILES string of the molecule is COC[C@@H](C)n1c(-c2cnc(N(C)C)nc2OC)nc2c1[C@@H](c1ccc(Cl)cc1)N(c1cc(Cl)c(=O)n(C)c1)C2=O. The molecule has 0 bridgehead atoms. The molecule has 13 heteroatoms. The van der Waals surface area contributed by atoms with Gasteiger partial charge in [-0.25, -0.2) is 9.97 Å². The van der Waals surface area contributed by atoms with Crippen molar-refractivity contribution in [1.29, 1.82) is 0 Å². The Balaban J connectivity index is 1.80. The maximum Gasteiger partial charge on any atom is 0.279 e. The average Bonchev–Trinajstić information content (AvgIpc) is 3.46. The lowest BCUT2D eigenvalue weighted by atomic mass is 10.0. The molecule has 1 aromatic carbocycles. The third-order valence-corrected chi connectivity index (χ3v) is 7.42. The van der Waals surface area contributed by atoms with Gasteiger partial charge in [0.25, 0.3) is 11.5 Å². The number of imidazole rings is 1. The number of ether oxygens (including phenoxy) is 2. The van der Waals surface area contributed by atoms with Crippen LogP contribution in [0.1, 0.15) is 40.8 Å². The molecule has 11 nitrogen and oxygen atoms in total. The summed E-state index contributed by atoms with van der Waals surface area (Å²) < 4.78 is 14.5. The smallest absolute Gasteiger partial charge is 0.279 e. The molecule has 0 N–H and O–H groups in total. The highest BCUT2D eigenvalue weighted by Crippen LogP contribution is 2.45. The molecule has 0 fully saturated rings. The highest BCUT2D eigenvalue weighted by atomic mass is 35.5. The number of benzene rings is 1. The molecular weight excluding hydrogens is 569 g/mol. The van der Waals surface area contributed by atoms with E-state index in [4.69, 9.17) is 37.7 Å². The van der Waals surface area contributed by atoms with Crippen LogP contribution in [0.25, 0.3) is 11.4 Å². The molecule has 2 atom stereocenters. The molecule has 3 aromatic heterocycles. The van der Waals surface area contributed by atoms with Gasteiger partial charge in [0.05, 0.1) is 36.7 Å². The topological polar surface area (TPSA) is 108 Å². The molecule has 0 radical (unpaired) electrons. The fraction of sp³-hybridized carbons (Fsp3) is 0.321. The Bertz CT molecular complexity index is 1660. The zero-order chi connectivity index (χ0) is 29.6. The number of aryl methyl sites for hydroxylation is 1. The van der Waals surface area contributed by atoms with Crippen molar-refractivity contribution in [1.82, 2.24) is 24.1 Å². The minimum absolute atomic E-state index is 0.00335. The molecule has 1 amide bonds. The van der Waals surface area contributed by atoms with Crippen molar-refractivity contribution >= 4 is 40.7 Å². The summed E-state index contributed by atoms with van der Waals surface area (Å²) >= 11 is 12.5. The summed E-state index contributed by atoms with van der Waals surface area (Å²) in [4.78, 5) is 43.9. The third kappa shape index (κ3) is 4.94. The van der Waals surface area contributed by atoms with Gasteiger partial charge in [-0.15, -0.1) is 0 Å². The molecule has 0 saturated heterocycles. The summed E-state index contributed by atoms with van der Waals surface area (Å²) in [6, 6.07) is 7.87. The van der Waals surface area contributed by atoms with Crippen LogP contribution in [0.3, 0.4) is 0 Å². The molecule has 1 aliphatic rings. The quantitative estimate of drug-likeness (QED) is 0.294. The van der Waals surface area contributed by atoms with Crippen LogP contribution in [-0.4, -0.2) is 64.9 Å². The molecule has 214 valence electrons. The molecule has 0 spiro atoms. The van der Waals surface area contributed by atoms with Gasteiger partial charge in [0, 0.05) is 45.7 Å². The van der Waals surface area contributed by atoms with Gasteiger partial charge in [-0.2, -0.15) is 4.98 Å². The van der Waals surface area contributed by atoms with Gasteiger partial charge in [0.1, 0.15) is 16.9 Å². The fourth-order valence-corrected chi connectivity index (χ4v) is 5.43. The Morgan fingerprint density at radius 2 is 1.80 bits per heavy atom. The number of aromatic nitrogens is 5. The zero-order valence-electron chi connectivity index (χ0n) is 23.4. The van der Waals surface area contributed by atoms with E-state index in [9.17, 15) is 9.59 Å². The number of amides is 1. The van der Waals surface area contributed by atoms with Crippen molar-refractivity contribution in [3.8, 4) is 17.3 Å².